The van der Waals surface area contributed by atoms with Crippen LogP contribution in [0.3, 0.4) is 0 Å². The molecule has 0 saturated carbocycles. The van der Waals surface area contributed by atoms with Gasteiger partial charge in [0.15, 0.2) is 0 Å². The smallest absolute Gasteiger partial charge is 0.234 e. The molecule has 0 fully saturated rings. The molecule has 3 heteroatoms. The van der Waals surface area contributed by atoms with Gasteiger partial charge in [0, 0.05) is 6.04 Å². The SMILES string of the molecule is C[C@@H](NCC(=O)N[C@H]1CCCc2ccccc21)c1ccccc1. The highest BCUT2D eigenvalue weighted by Gasteiger charge is 2.21. The Kier molecular flexibility index (Phi) is 5.09. The monoisotopic (exact) mass is 308 g/mol. The van der Waals surface area contributed by atoms with Crippen LogP contribution in [0.4, 0.5) is 0 Å². The molecule has 0 aliphatic heterocycles. The van der Waals surface area contributed by atoms with E-state index in [9.17, 15) is 4.79 Å². The zero-order valence-corrected chi connectivity index (χ0v) is 13.6. The van der Waals surface area contributed by atoms with Crippen LogP contribution in [0.2, 0.25) is 0 Å². The van der Waals surface area contributed by atoms with Crippen LogP contribution in [0.5, 0.6) is 0 Å². The summed E-state index contributed by atoms with van der Waals surface area (Å²) < 4.78 is 0. The summed E-state index contributed by atoms with van der Waals surface area (Å²) in [6, 6.07) is 19.0. The van der Waals surface area contributed by atoms with Crippen molar-refractivity contribution in [3.05, 3.63) is 71.3 Å². The maximum Gasteiger partial charge on any atom is 0.234 e. The molecule has 0 bridgehead atoms. The van der Waals surface area contributed by atoms with Crippen LogP contribution in [-0.2, 0) is 11.2 Å². The second-order valence-electron chi connectivity index (χ2n) is 6.22. The standard InChI is InChI=1S/C20H24N2O/c1-15(16-8-3-2-4-9-16)21-14-20(23)22-19-13-7-11-17-10-5-6-12-18(17)19/h2-6,8-10,12,15,19,21H,7,11,13-14H2,1H3,(H,22,23)/t15-,19+/m1/s1. The largest absolute Gasteiger partial charge is 0.348 e. The number of fused-ring (bicyclic) bond motifs is 1. The molecule has 0 heterocycles. The lowest BCUT2D eigenvalue weighted by atomic mass is 9.88. The minimum atomic E-state index is 0.0643. The van der Waals surface area contributed by atoms with Crippen molar-refractivity contribution in [3.8, 4) is 0 Å². The van der Waals surface area contributed by atoms with Crippen molar-refractivity contribution in [2.24, 2.45) is 0 Å². The highest BCUT2D eigenvalue weighted by molar-refractivity contribution is 5.78. The molecule has 0 saturated heterocycles. The molecule has 0 spiro atoms. The van der Waals surface area contributed by atoms with Gasteiger partial charge in [-0.15, -0.1) is 0 Å². The van der Waals surface area contributed by atoms with Gasteiger partial charge in [0.05, 0.1) is 12.6 Å². The van der Waals surface area contributed by atoms with Gasteiger partial charge in [-0.2, -0.15) is 0 Å². The molecule has 1 amide bonds. The van der Waals surface area contributed by atoms with Gasteiger partial charge in [0.2, 0.25) is 5.91 Å². The van der Waals surface area contributed by atoms with Gasteiger partial charge >= 0.3 is 0 Å². The van der Waals surface area contributed by atoms with E-state index in [0.29, 0.717) is 6.54 Å². The Balaban J connectivity index is 1.54. The number of hydrogen-bond acceptors (Lipinski definition) is 2. The molecule has 23 heavy (non-hydrogen) atoms. The molecular formula is C20H24N2O. The maximum absolute atomic E-state index is 12.3. The highest BCUT2D eigenvalue weighted by atomic mass is 16.2. The number of carbonyl (C=O) groups is 1. The Bertz CT molecular complexity index is 654. The van der Waals surface area contributed by atoms with E-state index in [1.54, 1.807) is 0 Å². The fourth-order valence-electron chi connectivity index (χ4n) is 3.25. The maximum atomic E-state index is 12.3. The van der Waals surface area contributed by atoms with Crippen LogP contribution >= 0.6 is 0 Å². The van der Waals surface area contributed by atoms with E-state index < -0.39 is 0 Å². The third kappa shape index (κ3) is 3.99. The van der Waals surface area contributed by atoms with Gasteiger partial charge in [-0.3, -0.25) is 4.79 Å². The van der Waals surface area contributed by atoms with Crippen molar-refractivity contribution in [3.63, 3.8) is 0 Å². The molecule has 0 aromatic heterocycles. The molecular weight excluding hydrogens is 284 g/mol. The predicted octanol–water partition coefficient (Wildman–Crippen LogP) is 3.53. The second-order valence-corrected chi connectivity index (χ2v) is 6.22. The summed E-state index contributed by atoms with van der Waals surface area (Å²) in [6.45, 7) is 2.42. The number of amides is 1. The molecule has 3 rings (SSSR count). The van der Waals surface area contributed by atoms with E-state index in [2.05, 4.69) is 54.0 Å². The Morgan fingerprint density at radius 1 is 1.13 bits per heavy atom. The average Bonchev–Trinajstić information content (AvgIpc) is 2.61. The Labute approximate surface area is 138 Å². The summed E-state index contributed by atoms with van der Waals surface area (Å²) in [5, 5.41) is 6.48. The molecule has 2 aromatic rings. The molecule has 2 aromatic carbocycles. The van der Waals surface area contributed by atoms with Crippen LogP contribution in [0.25, 0.3) is 0 Å². The molecule has 0 unspecified atom stereocenters. The number of rotatable bonds is 5. The zero-order chi connectivity index (χ0) is 16.1. The lowest BCUT2D eigenvalue weighted by molar-refractivity contribution is -0.121. The van der Waals surface area contributed by atoms with E-state index in [-0.39, 0.29) is 18.0 Å². The Morgan fingerprint density at radius 3 is 2.70 bits per heavy atom. The number of nitrogens with one attached hydrogen (secondary N) is 2. The number of aryl methyl sites for hydroxylation is 1. The normalized spacial score (nSPS) is 18.0. The molecule has 1 aliphatic rings. The number of hydrogen-bond donors (Lipinski definition) is 2. The fraction of sp³-hybridized carbons (Fsp3) is 0.350. The van der Waals surface area contributed by atoms with E-state index in [1.807, 2.05) is 18.2 Å². The van der Waals surface area contributed by atoms with Crippen LogP contribution in [-0.4, -0.2) is 12.5 Å². The quantitative estimate of drug-likeness (QED) is 0.887. The summed E-state index contributed by atoms with van der Waals surface area (Å²) in [7, 11) is 0. The van der Waals surface area contributed by atoms with Crippen molar-refractivity contribution >= 4 is 5.91 Å². The molecule has 2 N–H and O–H groups in total. The van der Waals surface area contributed by atoms with E-state index in [1.165, 1.54) is 16.7 Å². The first-order chi connectivity index (χ1) is 11.2. The first-order valence-corrected chi connectivity index (χ1v) is 8.39. The molecule has 3 nitrogen and oxygen atoms in total. The van der Waals surface area contributed by atoms with Gasteiger partial charge in [-0.05, 0) is 42.9 Å². The van der Waals surface area contributed by atoms with Crippen molar-refractivity contribution in [1.29, 1.82) is 0 Å². The predicted molar refractivity (Wildman–Crippen MR) is 93.1 cm³/mol. The van der Waals surface area contributed by atoms with Gasteiger partial charge in [0.25, 0.3) is 0 Å². The van der Waals surface area contributed by atoms with Crippen LogP contribution in [0, 0.1) is 0 Å². The van der Waals surface area contributed by atoms with Crippen molar-refractivity contribution < 1.29 is 4.79 Å². The number of carbonyl (C=O) groups excluding carboxylic acids is 1. The van der Waals surface area contributed by atoms with Crippen LogP contribution in [0.15, 0.2) is 54.6 Å². The van der Waals surface area contributed by atoms with Crippen molar-refractivity contribution in [2.75, 3.05) is 6.54 Å². The topological polar surface area (TPSA) is 41.1 Å². The zero-order valence-electron chi connectivity index (χ0n) is 13.6. The first-order valence-electron chi connectivity index (χ1n) is 8.39. The van der Waals surface area contributed by atoms with E-state index in [4.69, 9.17) is 0 Å². The van der Waals surface area contributed by atoms with Gasteiger partial charge in [-0.1, -0.05) is 54.6 Å². The highest BCUT2D eigenvalue weighted by Crippen LogP contribution is 2.29. The van der Waals surface area contributed by atoms with E-state index in [0.717, 1.165) is 19.3 Å². The fourth-order valence-corrected chi connectivity index (χ4v) is 3.25. The Hall–Kier alpha value is -2.13. The van der Waals surface area contributed by atoms with Gasteiger partial charge in [0.1, 0.15) is 0 Å². The third-order valence-corrected chi connectivity index (χ3v) is 4.57. The molecule has 2 atom stereocenters. The second kappa shape index (κ2) is 7.42. The van der Waals surface area contributed by atoms with Gasteiger partial charge < -0.3 is 10.6 Å². The molecule has 120 valence electrons. The van der Waals surface area contributed by atoms with E-state index >= 15 is 0 Å². The lowest BCUT2D eigenvalue weighted by Gasteiger charge is -2.26. The van der Waals surface area contributed by atoms with Crippen LogP contribution < -0.4 is 10.6 Å². The van der Waals surface area contributed by atoms with Crippen molar-refractivity contribution in [2.45, 2.75) is 38.3 Å². The minimum absolute atomic E-state index is 0.0643. The van der Waals surface area contributed by atoms with Crippen molar-refractivity contribution in [1.82, 2.24) is 10.6 Å². The summed E-state index contributed by atoms with van der Waals surface area (Å²) in [4.78, 5) is 12.3. The van der Waals surface area contributed by atoms with Gasteiger partial charge in [-0.25, -0.2) is 0 Å². The number of benzene rings is 2. The minimum Gasteiger partial charge on any atom is -0.348 e. The lowest BCUT2D eigenvalue weighted by Crippen LogP contribution is -2.38. The molecule has 0 radical (unpaired) electrons. The average molecular weight is 308 g/mol. The van der Waals surface area contributed by atoms with Crippen LogP contribution in [0.1, 0.15) is 48.5 Å². The first kappa shape index (κ1) is 15.8. The summed E-state index contributed by atoms with van der Waals surface area (Å²) in [5.41, 5.74) is 3.85. The summed E-state index contributed by atoms with van der Waals surface area (Å²) >= 11 is 0. The molecule has 1 aliphatic carbocycles. The third-order valence-electron chi connectivity index (χ3n) is 4.57. The Morgan fingerprint density at radius 2 is 1.87 bits per heavy atom. The summed E-state index contributed by atoms with van der Waals surface area (Å²) in [6.07, 6.45) is 3.28. The summed E-state index contributed by atoms with van der Waals surface area (Å²) in [5.74, 6) is 0.0643.